The number of fused-ring (bicyclic) bond motifs is 5. The first-order chi connectivity index (χ1) is 14.9. The maximum Gasteiger partial charge on any atom is 0.157 e. The van der Waals surface area contributed by atoms with Crippen LogP contribution in [0.4, 0.5) is 0 Å². The monoisotopic (exact) mass is 424 g/mol. The summed E-state index contributed by atoms with van der Waals surface area (Å²) in [5.74, 6) is 2.92. The number of allylic oxidation sites excluding steroid dienone is 5. The molecule has 0 aromatic carbocycles. The topological polar surface area (TPSA) is 35.5 Å². The lowest BCUT2D eigenvalue weighted by molar-refractivity contribution is -0.163. The van der Waals surface area contributed by atoms with Gasteiger partial charge in [0.2, 0.25) is 0 Å². The van der Waals surface area contributed by atoms with Gasteiger partial charge in [0.15, 0.2) is 12.1 Å². The molecule has 5 rings (SSSR count). The third-order valence-electron chi connectivity index (χ3n) is 9.80. The van der Waals surface area contributed by atoms with E-state index in [-0.39, 0.29) is 11.7 Å². The average molecular weight is 425 g/mol. The summed E-state index contributed by atoms with van der Waals surface area (Å²) in [7, 11) is 0. The van der Waals surface area contributed by atoms with Crippen molar-refractivity contribution in [2.75, 3.05) is 13.2 Å². The lowest BCUT2D eigenvalue weighted by Crippen LogP contribution is -2.48. The zero-order chi connectivity index (χ0) is 21.6. The van der Waals surface area contributed by atoms with Crippen molar-refractivity contribution in [1.82, 2.24) is 0 Å². The van der Waals surface area contributed by atoms with Gasteiger partial charge in [0.1, 0.15) is 0 Å². The molecule has 0 amide bonds. The molecule has 3 nitrogen and oxygen atoms in total. The van der Waals surface area contributed by atoms with E-state index in [1.165, 1.54) is 49.7 Å². The molecule has 0 spiro atoms. The third kappa shape index (κ3) is 3.70. The molecule has 1 heterocycles. The fraction of sp³-hybridized carbons (Fsp3) is 0.750. The summed E-state index contributed by atoms with van der Waals surface area (Å²) in [6.07, 6.45) is 18.0. The van der Waals surface area contributed by atoms with Gasteiger partial charge in [0.25, 0.3) is 0 Å². The Bertz CT molecular complexity index is 788. The van der Waals surface area contributed by atoms with Crippen molar-refractivity contribution in [3.8, 4) is 0 Å². The van der Waals surface area contributed by atoms with Crippen LogP contribution < -0.4 is 0 Å². The molecule has 31 heavy (non-hydrogen) atoms. The van der Waals surface area contributed by atoms with Crippen molar-refractivity contribution < 1.29 is 14.3 Å². The van der Waals surface area contributed by atoms with E-state index in [0.29, 0.717) is 34.9 Å². The van der Waals surface area contributed by atoms with Crippen LogP contribution in [0.1, 0.15) is 78.1 Å². The molecule has 0 aromatic rings. The molecule has 4 aliphatic carbocycles. The summed E-state index contributed by atoms with van der Waals surface area (Å²) < 4.78 is 11.7. The Kier molecular flexibility index (Phi) is 5.80. The van der Waals surface area contributed by atoms with Crippen molar-refractivity contribution in [2.24, 2.45) is 34.5 Å². The van der Waals surface area contributed by atoms with Crippen LogP contribution >= 0.6 is 0 Å². The Morgan fingerprint density at radius 2 is 2.06 bits per heavy atom. The van der Waals surface area contributed by atoms with E-state index < -0.39 is 0 Å². The van der Waals surface area contributed by atoms with Gasteiger partial charge in [0.05, 0.1) is 0 Å². The molecule has 7 atom stereocenters. The molecular formula is C28H40O3. The Balaban J connectivity index is 1.26. The number of rotatable bonds is 5. The SMILES string of the molecule is C=C1C[C@H]2[C@@H]3C=CC4=CC(=O)CC[C@]4(C)[C@H]3CC[C@]2(C)[C@@H]1CCCOC1CCCCO1. The van der Waals surface area contributed by atoms with E-state index in [9.17, 15) is 4.79 Å². The second-order valence-electron chi connectivity index (χ2n) is 11.4. The largest absolute Gasteiger partial charge is 0.353 e. The number of ketones is 1. The van der Waals surface area contributed by atoms with Gasteiger partial charge in [-0.3, -0.25) is 4.79 Å². The van der Waals surface area contributed by atoms with E-state index in [0.717, 1.165) is 38.9 Å². The van der Waals surface area contributed by atoms with Crippen LogP contribution in [0.3, 0.4) is 0 Å². The predicted octanol–water partition coefficient (Wildman–Crippen LogP) is 6.40. The standard InChI is InChI=1S/C28H40O3/c1-19-17-25-22-10-9-20-18-21(29)11-13-27(20,2)24(22)12-14-28(25,3)23(19)7-6-16-31-26-8-4-5-15-30-26/h9-10,18,22-26H,1,4-8,11-17H2,2-3H3/t22-,23-,24+,25+,26?,27+,28-/m1/s1. The summed E-state index contributed by atoms with van der Waals surface area (Å²) in [6.45, 7) is 11.2. The maximum atomic E-state index is 12.0. The van der Waals surface area contributed by atoms with Gasteiger partial charge in [-0.2, -0.15) is 0 Å². The van der Waals surface area contributed by atoms with Crippen molar-refractivity contribution in [3.05, 3.63) is 36.0 Å². The van der Waals surface area contributed by atoms with E-state index >= 15 is 0 Å². The molecule has 2 saturated carbocycles. The van der Waals surface area contributed by atoms with Gasteiger partial charge in [-0.1, -0.05) is 38.2 Å². The lowest BCUT2D eigenvalue weighted by Gasteiger charge is -2.56. The van der Waals surface area contributed by atoms with E-state index in [1.54, 1.807) is 0 Å². The highest BCUT2D eigenvalue weighted by Crippen LogP contribution is 2.66. The minimum atomic E-state index is 0.0250. The quantitative estimate of drug-likeness (QED) is 0.378. The average Bonchev–Trinajstić information content (AvgIpc) is 3.02. The molecule has 1 saturated heterocycles. The van der Waals surface area contributed by atoms with E-state index in [2.05, 4.69) is 32.6 Å². The smallest absolute Gasteiger partial charge is 0.157 e. The van der Waals surface area contributed by atoms with Crippen molar-refractivity contribution in [1.29, 1.82) is 0 Å². The van der Waals surface area contributed by atoms with Crippen LogP contribution in [-0.2, 0) is 14.3 Å². The first-order valence-corrected chi connectivity index (χ1v) is 12.8. The van der Waals surface area contributed by atoms with Crippen molar-refractivity contribution >= 4 is 5.78 Å². The molecule has 3 fully saturated rings. The first kappa shape index (κ1) is 21.6. The molecule has 170 valence electrons. The zero-order valence-electron chi connectivity index (χ0n) is 19.5. The second kappa shape index (κ2) is 8.30. The highest BCUT2D eigenvalue weighted by atomic mass is 16.7. The molecule has 0 aromatic heterocycles. The molecule has 5 aliphatic rings. The number of carbonyl (C=O) groups is 1. The van der Waals surface area contributed by atoms with Crippen molar-refractivity contribution in [2.45, 2.75) is 84.3 Å². The van der Waals surface area contributed by atoms with Crippen LogP contribution in [0.5, 0.6) is 0 Å². The van der Waals surface area contributed by atoms with Gasteiger partial charge >= 0.3 is 0 Å². The minimum absolute atomic E-state index is 0.0250. The van der Waals surface area contributed by atoms with Crippen molar-refractivity contribution in [3.63, 3.8) is 0 Å². The molecule has 0 bridgehead atoms. The van der Waals surface area contributed by atoms with Crippen LogP contribution in [-0.4, -0.2) is 25.3 Å². The summed E-state index contributed by atoms with van der Waals surface area (Å²) in [6, 6.07) is 0. The van der Waals surface area contributed by atoms with Gasteiger partial charge in [-0.15, -0.1) is 0 Å². The predicted molar refractivity (Wildman–Crippen MR) is 123 cm³/mol. The van der Waals surface area contributed by atoms with Crippen LogP contribution in [0.15, 0.2) is 36.0 Å². The Hall–Kier alpha value is -1.19. The molecular weight excluding hydrogens is 384 g/mol. The minimum Gasteiger partial charge on any atom is -0.353 e. The summed E-state index contributed by atoms with van der Waals surface area (Å²) in [4.78, 5) is 12.0. The second-order valence-corrected chi connectivity index (χ2v) is 11.4. The van der Waals surface area contributed by atoms with Crippen LogP contribution in [0, 0.1) is 34.5 Å². The maximum absolute atomic E-state index is 12.0. The zero-order valence-corrected chi connectivity index (χ0v) is 19.5. The number of ether oxygens (including phenoxy) is 2. The van der Waals surface area contributed by atoms with Gasteiger partial charge in [0, 0.05) is 19.6 Å². The van der Waals surface area contributed by atoms with Gasteiger partial charge in [-0.05, 0) is 104 Å². The highest BCUT2D eigenvalue weighted by molar-refractivity contribution is 5.92. The fourth-order valence-corrected chi connectivity index (χ4v) is 7.94. The Morgan fingerprint density at radius 3 is 2.87 bits per heavy atom. The molecule has 0 N–H and O–H groups in total. The Labute approximate surface area is 188 Å². The third-order valence-corrected chi connectivity index (χ3v) is 9.80. The van der Waals surface area contributed by atoms with Gasteiger partial charge < -0.3 is 9.47 Å². The molecule has 1 unspecified atom stereocenters. The molecule has 1 aliphatic heterocycles. The fourth-order valence-electron chi connectivity index (χ4n) is 7.94. The normalized spacial score (nSPS) is 44.5. The Morgan fingerprint density at radius 1 is 1.19 bits per heavy atom. The number of hydrogen-bond acceptors (Lipinski definition) is 3. The van der Waals surface area contributed by atoms with Crippen LogP contribution in [0.2, 0.25) is 0 Å². The summed E-state index contributed by atoms with van der Waals surface area (Å²) in [5, 5.41) is 0. The van der Waals surface area contributed by atoms with Crippen LogP contribution in [0.25, 0.3) is 0 Å². The number of carbonyl (C=O) groups excluding carboxylic acids is 1. The van der Waals surface area contributed by atoms with E-state index in [4.69, 9.17) is 9.47 Å². The van der Waals surface area contributed by atoms with Gasteiger partial charge in [-0.25, -0.2) is 0 Å². The highest BCUT2D eigenvalue weighted by Gasteiger charge is 2.58. The number of hydrogen-bond donors (Lipinski definition) is 0. The first-order valence-electron chi connectivity index (χ1n) is 12.8. The summed E-state index contributed by atoms with van der Waals surface area (Å²) in [5.41, 5.74) is 3.30. The van der Waals surface area contributed by atoms with E-state index in [1.807, 2.05) is 6.08 Å². The summed E-state index contributed by atoms with van der Waals surface area (Å²) >= 11 is 0. The molecule has 3 heteroatoms. The lowest BCUT2D eigenvalue weighted by atomic mass is 9.48. The molecule has 0 radical (unpaired) electrons.